The van der Waals surface area contributed by atoms with E-state index in [0.29, 0.717) is 16.6 Å². The fraction of sp³-hybridized carbons (Fsp3) is 0.412. The van der Waals surface area contributed by atoms with Gasteiger partial charge in [-0.1, -0.05) is 0 Å². The highest BCUT2D eigenvalue weighted by Gasteiger charge is 2.38. The summed E-state index contributed by atoms with van der Waals surface area (Å²) in [6.45, 7) is 2.57. The second-order valence-electron chi connectivity index (χ2n) is 5.84. The second kappa shape index (κ2) is 10.7. The maximum atomic E-state index is 13.5. The lowest BCUT2D eigenvalue weighted by atomic mass is 10.2. The van der Waals surface area contributed by atoms with Gasteiger partial charge in [-0.25, -0.2) is 14.8 Å². The monoisotopic (exact) mass is 509 g/mol. The molecule has 2 aromatic rings. The fourth-order valence-electron chi connectivity index (χ4n) is 2.30. The van der Waals surface area contributed by atoms with Crippen LogP contribution in [-0.4, -0.2) is 48.7 Å². The highest BCUT2D eigenvalue weighted by molar-refractivity contribution is 9.10. The number of thiazole rings is 1. The molecule has 0 aromatic carbocycles. The van der Waals surface area contributed by atoms with Crippen molar-refractivity contribution in [2.24, 2.45) is 0 Å². The number of ether oxygens (including phenoxy) is 1. The van der Waals surface area contributed by atoms with E-state index in [0.717, 1.165) is 11.3 Å². The molecule has 2 aromatic heterocycles. The zero-order valence-electron chi connectivity index (χ0n) is 16.0. The molecule has 0 bridgehead atoms. The number of methoxy groups -OCH3 is 1. The Morgan fingerprint density at radius 3 is 2.67 bits per heavy atom. The molecular formula is C17H19BrF3N5O3S. The molecule has 0 aliphatic rings. The van der Waals surface area contributed by atoms with Gasteiger partial charge in [-0.3, -0.25) is 10.1 Å². The minimum absolute atomic E-state index is 0.0373. The van der Waals surface area contributed by atoms with Crippen molar-refractivity contribution < 1.29 is 27.5 Å². The number of hydrogen-bond acceptors (Lipinski definition) is 6. The van der Waals surface area contributed by atoms with Crippen LogP contribution < -0.4 is 16.0 Å². The number of nitrogens with one attached hydrogen (secondary N) is 3. The van der Waals surface area contributed by atoms with E-state index in [-0.39, 0.29) is 28.9 Å². The summed E-state index contributed by atoms with van der Waals surface area (Å²) in [4.78, 5) is 31.2. The van der Waals surface area contributed by atoms with Gasteiger partial charge in [0.2, 0.25) is 5.91 Å². The number of urea groups is 1. The van der Waals surface area contributed by atoms with Gasteiger partial charge in [0, 0.05) is 41.3 Å². The summed E-state index contributed by atoms with van der Waals surface area (Å²) in [5, 5.41) is 7.54. The molecular weight excluding hydrogens is 491 g/mol. The van der Waals surface area contributed by atoms with E-state index in [2.05, 4.69) is 41.8 Å². The molecule has 30 heavy (non-hydrogen) atoms. The Hall–Kier alpha value is -2.25. The number of anilines is 1. The summed E-state index contributed by atoms with van der Waals surface area (Å²) < 4.78 is 45.6. The Balaban J connectivity index is 2.34. The van der Waals surface area contributed by atoms with Crippen LogP contribution in [0.1, 0.15) is 17.5 Å². The fourth-order valence-corrected chi connectivity index (χ4v) is 3.95. The topological polar surface area (TPSA) is 105 Å². The lowest BCUT2D eigenvalue weighted by Gasteiger charge is -2.07. The van der Waals surface area contributed by atoms with Crippen molar-refractivity contribution in [2.75, 3.05) is 32.1 Å². The number of nitrogens with zero attached hydrogens (tertiary/aromatic N) is 2. The average molecular weight is 510 g/mol. The Morgan fingerprint density at radius 1 is 1.30 bits per heavy atom. The standard InChI is InChI=1S/C17H19BrF3N5O3S/c1-3-22-16(28)25-12-6-9(10(18)8-24-12)15-26-14(17(19,20)21)11(30-15)7-13(27)23-4-5-29-2/h6,8H,3-5,7H2,1-2H3,(H,23,27)(H2,22,24,25,28). The van der Waals surface area contributed by atoms with Crippen LogP contribution in [0.3, 0.4) is 0 Å². The van der Waals surface area contributed by atoms with E-state index in [1.165, 1.54) is 19.4 Å². The normalized spacial score (nSPS) is 11.3. The Morgan fingerprint density at radius 2 is 2.03 bits per heavy atom. The van der Waals surface area contributed by atoms with Crippen molar-refractivity contribution in [3.63, 3.8) is 0 Å². The first-order valence-electron chi connectivity index (χ1n) is 8.69. The van der Waals surface area contributed by atoms with Crippen LogP contribution in [0.25, 0.3) is 10.6 Å². The van der Waals surface area contributed by atoms with E-state index in [1.807, 2.05) is 0 Å². The molecule has 164 valence electrons. The minimum atomic E-state index is -4.72. The lowest BCUT2D eigenvalue weighted by Crippen LogP contribution is -2.28. The van der Waals surface area contributed by atoms with Gasteiger partial charge in [0.1, 0.15) is 10.8 Å². The first-order valence-corrected chi connectivity index (χ1v) is 10.3. The molecule has 0 atom stereocenters. The smallest absolute Gasteiger partial charge is 0.383 e. The summed E-state index contributed by atoms with van der Waals surface area (Å²) in [6.07, 6.45) is -3.84. The number of carbonyl (C=O) groups excluding carboxylic acids is 2. The molecule has 3 amide bonds. The Labute approximate surface area is 182 Å². The number of hydrogen-bond donors (Lipinski definition) is 3. The largest absolute Gasteiger partial charge is 0.434 e. The summed E-state index contributed by atoms with van der Waals surface area (Å²) in [7, 11) is 1.45. The van der Waals surface area contributed by atoms with E-state index in [1.54, 1.807) is 6.92 Å². The van der Waals surface area contributed by atoms with Crippen LogP contribution in [-0.2, 0) is 22.1 Å². The maximum Gasteiger partial charge on any atom is 0.434 e. The molecule has 0 spiro atoms. The predicted molar refractivity (Wildman–Crippen MR) is 109 cm³/mol. The number of halogens is 4. The van der Waals surface area contributed by atoms with Crippen LogP contribution >= 0.6 is 27.3 Å². The van der Waals surface area contributed by atoms with Crippen molar-refractivity contribution in [1.82, 2.24) is 20.6 Å². The number of alkyl halides is 3. The zero-order valence-corrected chi connectivity index (χ0v) is 18.4. The lowest BCUT2D eigenvalue weighted by molar-refractivity contribution is -0.141. The van der Waals surface area contributed by atoms with Crippen LogP contribution in [0.15, 0.2) is 16.7 Å². The second-order valence-corrected chi connectivity index (χ2v) is 7.78. The summed E-state index contributed by atoms with van der Waals surface area (Å²) in [6, 6.07) is 0.905. The molecule has 0 saturated heterocycles. The average Bonchev–Trinajstić information content (AvgIpc) is 3.07. The van der Waals surface area contributed by atoms with Crippen molar-refractivity contribution in [1.29, 1.82) is 0 Å². The van der Waals surface area contributed by atoms with Crippen molar-refractivity contribution in [3.05, 3.63) is 27.3 Å². The molecule has 13 heteroatoms. The SMILES string of the molecule is CCNC(=O)Nc1cc(-c2nc(C(F)(F)F)c(CC(=O)NCCOC)s2)c(Br)cn1. The molecule has 0 fully saturated rings. The third-order valence-corrected chi connectivity index (χ3v) is 5.30. The van der Waals surface area contributed by atoms with E-state index < -0.39 is 30.2 Å². The zero-order chi connectivity index (χ0) is 22.3. The van der Waals surface area contributed by atoms with E-state index >= 15 is 0 Å². The van der Waals surface area contributed by atoms with Crippen molar-refractivity contribution in [3.8, 4) is 10.6 Å². The molecule has 0 unspecified atom stereocenters. The molecule has 0 saturated carbocycles. The minimum Gasteiger partial charge on any atom is -0.383 e. The number of rotatable bonds is 8. The molecule has 3 N–H and O–H groups in total. The van der Waals surface area contributed by atoms with Crippen LogP contribution in [0.5, 0.6) is 0 Å². The quantitative estimate of drug-likeness (QED) is 0.472. The number of carbonyl (C=O) groups is 2. The first kappa shape index (κ1) is 24.0. The highest BCUT2D eigenvalue weighted by atomic mass is 79.9. The number of pyridine rings is 1. The summed E-state index contributed by atoms with van der Waals surface area (Å²) >= 11 is 3.99. The van der Waals surface area contributed by atoms with E-state index in [4.69, 9.17) is 4.74 Å². The molecule has 0 aliphatic carbocycles. The molecule has 0 radical (unpaired) electrons. The maximum absolute atomic E-state index is 13.5. The Kier molecular flexibility index (Phi) is 8.55. The molecule has 8 nitrogen and oxygen atoms in total. The van der Waals surface area contributed by atoms with Crippen molar-refractivity contribution >= 4 is 45.0 Å². The van der Waals surface area contributed by atoms with Gasteiger partial charge >= 0.3 is 12.2 Å². The molecule has 2 heterocycles. The van der Waals surface area contributed by atoms with Gasteiger partial charge in [0.15, 0.2) is 5.69 Å². The van der Waals surface area contributed by atoms with Crippen molar-refractivity contribution in [2.45, 2.75) is 19.5 Å². The number of amides is 3. The van der Waals surface area contributed by atoms with Gasteiger partial charge in [-0.15, -0.1) is 11.3 Å². The first-order chi connectivity index (χ1) is 14.2. The summed E-state index contributed by atoms with van der Waals surface area (Å²) in [5.41, 5.74) is -0.815. The third kappa shape index (κ3) is 6.64. The van der Waals surface area contributed by atoms with Crippen LogP contribution in [0.4, 0.5) is 23.8 Å². The molecule has 2 rings (SSSR count). The summed E-state index contributed by atoms with van der Waals surface area (Å²) in [5.74, 6) is -0.429. The van der Waals surface area contributed by atoms with E-state index in [9.17, 15) is 22.8 Å². The predicted octanol–water partition coefficient (Wildman–Crippen LogP) is 3.43. The van der Waals surface area contributed by atoms with Gasteiger partial charge < -0.3 is 15.4 Å². The van der Waals surface area contributed by atoms with Gasteiger partial charge in [-0.2, -0.15) is 13.2 Å². The van der Waals surface area contributed by atoms with Gasteiger partial charge in [0.25, 0.3) is 0 Å². The van der Waals surface area contributed by atoms with Gasteiger partial charge in [-0.05, 0) is 28.9 Å². The van der Waals surface area contributed by atoms with Gasteiger partial charge in [0.05, 0.1) is 13.0 Å². The molecule has 0 aliphatic heterocycles. The Bertz CT molecular complexity index is 907. The van der Waals surface area contributed by atoms with Crippen LogP contribution in [0.2, 0.25) is 0 Å². The highest BCUT2D eigenvalue weighted by Crippen LogP contribution is 2.40. The number of aromatic nitrogens is 2. The third-order valence-electron chi connectivity index (χ3n) is 3.58. The van der Waals surface area contributed by atoms with Crippen LogP contribution in [0, 0.1) is 0 Å².